The molecule has 0 aromatic heterocycles. The average molecular weight is 257 g/mol. The van der Waals surface area contributed by atoms with Crippen LogP contribution in [0.3, 0.4) is 0 Å². The van der Waals surface area contributed by atoms with Gasteiger partial charge in [0.05, 0.1) is 0 Å². The molecule has 1 aliphatic rings. The summed E-state index contributed by atoms with van der Waals surface area (Å²) in [5.41, 5.74) is 4.96. The van der Waals surface area contributed by atoms with E-state index in [1.165, 1.54) is 0 Å². The Kier molecular flexibility index (Phi) is 5.41. The van der Waals surface area contributed by atoms with Crippen LogP contribution in [0.1, 0.15) is 32.1 Å². The van der Waals surface area contributed by atoms with Gasteiger partial charge in [-0.25, -0.2) is 9.59 Å². The van der Waals surface area contributed by atoms with Crippen LogP contribution >= 0.6 is 0 Å². The molecule has 0 aromatic rings. The molecule has 1 atom stereocenters. The van der Waals surface area contributed by atoms with E-state index in [2.05, 4.69) is 5.32 Å². The number of carbonyl (C=O) groups excluding carboxylic acids is 2. The van der Waals surface area contributed by atoms with Gasteiger partial charge in [0, 0.05) is 19.5 Å². The van der Waals surface area contributed by atoms with Gasteiger partial charge in [-0.3, -0.25) is 4.79 Å². The van der Waals surface area contributed by atoms with Crippen LogP contribution in [-0.4, -0.2) is 47.0 Å². The number of nitrogens with one attached hydrogen (secondary N) is 1. The highest BCUT2D eigenvalue weighted by atomic mass is 16.4. The summed E-state index contributed by atoms with van der Waals surface area (Å²) in [7, 11) is 0. The summed E-state index contributed by atoms with van der Waals surface area (Å²) in [6, 6.07) is -1.45. The van der Waals surface area contributed by atoms with Crippen LogP contribution < -0.4 is 11.1 Å². The van der Waals surface area contributed by atoms with Crippen molar-refractivity contribution in [3.8, 4) is 0 Å². The van der Waals surface area contributed by atoms with Crippen molar-refractivity contribution in [3.63, 3.8) is 0 Å². The number of nitrogens with zero attached hydrogens (tertiary/aromatic N) is 1. The van der Waals surface area contributed by atoms with Crippen LogP contribution in [0.2, 0.25) is 0 Å². The second kappa shape index (κ2) is 6.83. The summed E-state index contributed by atoms with van der Waals surface area (Å²) in [5, 5.41) is 11.4. The highest BCUT2D eigenvalue weighted by Gasteiger charge is 2.24. The number of amides is 3. The van der Waals surface area contributed by atoms with Crippen LogP contribution in [0.25, 0.3) is 0 Å². The molecule has 0 saturated carbocycles. The fourth-order valence-corrected chi connectivity index (χ4v) is 1.88. The molecule has 0 radical (unpaired) electrons. The first-order valence-electron chi connectivity index (χ1n) is 6.07. The Balaban J connectivity index is 2.46. The standard InChI is InChI=1S/C11H19N3O4/c12-9(15)5-4-8(10(16)17)13-11(18)14-6-2-1-3-7-14/h8H,1-7H2,(H2,12,15)(H,13,18)(H,16,17)/t8-/m1/s1. The summed E-state index contributed by atoms with van der Waals surface area (Å²) in [5.74, 6) is -1.73. The SMILES string of the molecule is NC(=O)CC[C@@H](NC(=O)N1CCCCC1)C(=O)O. The van der Waals surface area contributed by atoms with E-state index >= 15 is 0 Å². The number of piperidine rings is 1. The minimum atomic E-state index is -1.15. The van der Waals surface area contributed by atoms with E-state index in [4.69, 9.17) is 10.8 Å². The van der Waals surface area contributed by atoms with Gasteiger partial charge in [-0.2, -0.15) is 0 Å². The van der Waals surface area contributed by atoms with Crippen molar-refractivity contribution in [3.05, 3.63) is 0 Å². The number of hydrogen-bond donors (Lipinski definition) is 3. The van der Waals surface area contributed by atoms with E-state index < -0.39 is 17.9 Å². The first-order valence-corrected chi connectivity index (χ1v) is 6.07. The molecule has 1 fully saturated rings. The molecule has 1 saturated heterocycles. The number of nitrogens with two attached hydrogens (primary N) is 1. The number of carboxylic acids is 1. The maximum absolute atomic E-state index is 11.8. The van der Waals surface area contributed by atoms with Crippen molar-refractivity contribution < 1.29 is 19.5 Å². The number of primary amides is 1. The highest BCUT2D eigenvalue weighted by Crippen LogP contribution is 2.09. The Hall–Kier alpha value is -1.79. The summed E-state index contributed by atoms with van der Waals surface area (Å²) < 4.78 is 0. The van der Waals surface area contributed by atoms with E-state index in [0.29, 0.717) is 13.1 Å². The minimum Gasteiger partial charge on any atom is -0.480 e. The average Bonchev–Trinajstić information content (AvgIpc) is 2.34. The first kappa shape index (κ1) is 14.3. The fourth-order valence-electron chi connectivity index (χ4n) is 1.88. The Bertz CT molecular complexity index is 326. The summed E-state index contributed by atoms with van der Waals surface area (Å²) in [6.07, 6.45) is 2.92. The lowest BCUT2D eigenvalue weighted by molar-refractivity contribution is -0.139. The topological polar surface area (TPSA) is 113 Å². The largest absolute Gasteiger partial charge is 0.480 e. The molecule has 0 spiro atoms. The number of likely N-dealkylation sites (tertiary alicyclic amines) is 1. The molecule has 1 aliphatic heterocycles. The van der Waals surface area contributed by atoms with Gasteiger partial charge in [-0.1, -0.05) is 0 Å². The van der Waals surface area contributed by atoms with Crippen molar-refractivity contribution in [1.82, 2.24) is 10.2 Å². The zero-order valence-corrected chi connectivity index (χ0v) is 10.2. The van der Waals surface area contributed by atoms with E-state index in [-0.39, 0.29) is 18.9 Å². The molecule has 0 aromatic carbocycles. The zero-order chi connectivity index (χ0) is 13.5. The highest BCUT2D eigenvalue weighted by molar-refractivity contribution is 5.83. The van der Waals surface area contributed by atoms with Crippen LogP contribution in [0.15, 0.2) is 0 Å². The quantitative estimate of drug-likeness (QED) is 0.638. The van der Waals surface area contributed by atoms with Gasteiger partial charge in [0.2, 0.25) is 5.91 Å². The Morgan fingerprint density at radius 2 is 1.83 bits per heavy atom. The third-order valence-corrected chi connectivity index (χ3v) is 2.92. The van der Waals surface area contributed by atoms with E-state index in [9.17, 15) is 14.4 Å². The lowest BCUT2D eigenvalue weighted by atomic mass is 10.1. The number of hydrogen-bond acceptors (Lipinski definition) is 3. The molecule has 4 N–H and O–H groups in total. The fraction of sp³-hybridized carbons (Fsp3) is 0.727. The molecule has 0 unspecified atom stereocenters. The zero-order valence-electron chi connectivity index (χ0n) is 10.2. The number of carbonyl (C=O) groups is 3. The van der Waals surface area contributed by atoms with Gasteiger partial charge >= 0.3 is 12.0 Å². The van der Waals surface area contributed by atoms with Crippen molar-refractivity contribution in [1.29, 1.82) is 0 Å². The lowest BCUT2D eigenvalue weighted by Gasteiger charge is -2.28. The third-order valence-electron chi connectivity index (χ3n) is 2.92. The lowest BCUT2D eigenvalue weighted by Crippen LogP contribution is -2.49. The second-order valence-corrected chi connectivity index (χ2v) is 4.39. The predicted molar refractivity (Wildman–Crippen MR) is 63.8 cm³/mol. The van der Waals surface area contributed by atoms with Crippen LogP contribution in [0, 0.1) is 0 Å². The molecule has 7 heteroatoms. The molecule has 1 rings (SSSR count). The molecule has 0 aliphatic carbocycles. The van der Waals surface area contributed by atoms with Gasteiger partial charge in [0.1, 0.15) is 6.04 Å². The Labute approximate surface area is 105 Å². The third kappa shape index (κ3) is 4.60. The number of carboxylic acid groups (broad SMARTS) is 1. The van der Waals surface area contributed by atoms with Gasteiger partial charge in [-0.15, -0.1) is 0 Å². The predicted octanol–water partition coefficient (Wildman–Crippen LogP) is -0.0994. The maximum Gasteiger partial charge on any atom is 0.326 e. The first-order chi connectivity index (χ1) is 8.50. The van der Waals surface area contributed by atoms with Crippen molar-refractivity contribution in [2.75, 3.05) is 13.1 Å². The van der Waals surface area contributed by atoms with E-state index in [0.717, 1.165) is 19.3 Å². The van der Waals surface area contributed by atoms with Crippen LogP contribution in [0.4, 0.5) is 4.79 Å². The van der Waals surface area contributed by atoms with E-state index in [1.807, 2.05) is 0 Å². The van der Waals surface area contributed by atoms with Gasteiger partial charge < -0.3 is 21.1 Å². The molecular weight excluding hydrogens is 238 g/mol. The van der Waals surface area contributed by atoms with E-state index in [1.54, 1.807) is 4.90 Å². The molecular formula is C11H19N3O4. The molecule has 18 heavy (non-hydrogen) atoms. The van der Waals surface area contributed by atoms with Gasteiger partial charge in [0.25, 0.3) is 0 Å². The van der Waals surface area contributed by atoms with Crippen molar-refractivity contribution in [2.45, 2.75) is 38.1 Å². The molecule has 3 amide bonds. The normalized spacial score (nSPS) is 17.0. The summed E-state index contributed by atoms with van der Waals surface area (Å²) >= 11 is 0. The Morgan fingerprint density at radius 3 is 2.33 bits per heavy atom. The van der Waals surface area contributed by atoms with Crippen LogP contribution in [-0.2, 0) is 9.59 Å². The smallest absolute Gasteiger partial charge is 0.326 e. The number of urea groups is 1. The van der Waals surface area contributed by atoms with Crippen molar-refractivity contribution in [2.24, 2.45) is 5.73 Å². The molecule has 0 bridgehead atoms. The Morgan fingerprint density at radius 1 is 1.22 bits per heavy atom. The van der Waals surface area contributed by atoms with Gasteiger partial charge in [-0.05, 0) is 25.7 Å². The second-order valence-electron chi connectivity index (χ2n) is 4.39. The van der Waals surface area contributed by atoms with Crippen LogP contribution in [0.5, 0.6) is 0 Å². The monoisotopic (exact) mass is 257 g/mol. The van der Waals surface area contributed by atoms with Gasteiger partial charge in [0.15, 0.2) is 0 Å². The molecule has 7 nitrogen and oxygen atoms in total. The molecule has 1 heterocycles. The van der Waals surface area contributed by atoms with Crippen molar-refractivity contribution >= 4 is 17.9 Å². The summed E-state index contributed by atoms with van der Waals surface area (Å²) in [6.45, 7) is 1.29. The minimum absolute atomic E-state index is 0.0181. The summed E-state index contributed by atoms with van der Waals surface area (Å²) in [4.78, 5) is 35.0. The number of aliphatic carboxylic acids is 1. The number of rotatable bonds is 5. The maximum atomic E-state index is 11.8. The molecule has 102 valence electrons.